The van der Waals surface area contributed by atoms with Gasteiger partial charge in [-0.25, -0.2) is 0 Å². The number of hydrogen-bond acceptors (Lipinski definition) is 3. The van der Waals surface area contributed by atoms with Crippen LogP contribution < -0.4 is 15.8 Å². The molecule has 112 valence electrons. The Hall–Kier alpha value is -1.55. The van der Waals surface area contributed by atoms with E-state index in [1.165, 1.54) is 0 Å². The minimum Gasteiger partial charge on any atom is -0.493 e. The summed E-state index contributed by atoms with van der Waals surface area (Å²) in [6.07, 6.45) is 2.29. The second-order valence-electron chi connectivity index (χ2n) is 5.37. The number of carbonyl (C=O) groups excluding carboxylic acids is 1. The molecule has 0 saturated heterocycles. The molecule has 0 fully saturated rings. The second kappa shape index (κ2) is 9.37. The summed E-state index contributed by atoms with van der Waals surface area (Å²) >= 11 is 0. The number of carbonyl (C=O) groups is 1. The molecule has 0 unspecified atom stereocenters. The van der Waals surface area contributed by atoms with E-state index in [-0.39, 0.29) is 5.91 Å². The summed E-state index contributed by atoms with van der Waals surface area (Å²) in [4.78, 5) is 11.7. The van der Waals surface area contributed by atoms with E-state index in [1.54, 1.807) is 0 Å². The van der Waals surface area contributed by atoms with E-state index in [9.17, 15) is 4.79 Å². The van der Waals surface area contributed by atoms with Crippen LogP contribution in [0.4, 0.5) is 0 Å². The largest absolute Gasteiger partial charge is 0.493 e. The van der Waals surface area contributed by atoms with Gasteiger partial charge in [0.2, 0.25) is 5.91 Å². The first-order valence-corrected chi connectivity index (χ1v) is 7.30. The van der Waals surface area contributed by atoms with Gasteiger partial charge < -0.3 is 15.8 Å². The summed E-state index contributed by atoms with van der Waals surface area (Å²) in [6, 6.07) is 7.71. The molecule has 0 spiro atoms. The first-order valence-electron chi connectivity index (χ1n) is 7.30. The number of rotatable bonds is 9. The fraction of sp³-hybridized carbons (Fsp3) is 0.562. The normalized spacial score (nSPS) is 10.6. The Balaban J connectivity index is 2.31. The standard InChI is InChI=1S/C16H26N2O2/c1-13(2)12-20-15-7-5-14(6-8-15)11-16(19)18-10-4-3-9-17/h5-8,13H,3-4,9-12,17H2,1-2H3,(H,18,19). The van der Waals surface area contributed by atoms with Crippen molar-refractivity contribution in [2.24, 2.45) is 11.7 Å². The van der Waals surface area contributed by atoms with Gasteiger partial charge in [0.25, 0.3) is 0 Å². The topological polar surface area (TPSA) is 64.3 Å². The van der Waals surface area contributed by atoms with Crippen LogP contribution in [0.25, 0.3) is 0 Å². The summed E-state index contributed by atoms with van der Waals surface area (Å²) in [6.45, 7) is 6.31. The van der Waals surface area contributed by atoms with Gasteiger partial charge in [0.05, 0.1) is 13.0 Å². The summed E-state index contributed by atoms with van der Waals surface area (Å²) in [7, 11) is 0. The van der Waals surface area contributed by atoms with Crippen molar-refractivity contribution in [3.8, 4) is 5.75 Å². The van der Waals surface area contributed by atoms with Crippen molar-refractivity contribution in [2.75, 3.05) is 19.7 Å². The van der Waals surface area contributed by atoms with Gasteiger partial charge in [-0.1, -0.05) is 26.0 Å². The molecule has 4 nitrogen and oxygen atoms in total. The van der Waals surface area contributed by atoms with Crippen LogP contribution in [-0.4, -0.2) is 25.6 Å². The summed E-state index contributed by atoms with van der Waals surface area (Å²) in [5.41, 5.74) is 6.40. The van der Waals surface area contributed by atoms with Gasteiger partial charge in [0.1, 0.15) is 5.75 Å². The SMILES string of the molecule is CC(C)COc1ccc(CC(=O)NCCCCN)cc1. The maximum Gasteiger partial charge on any atom is 0.224 e. The van der Waals surface area contributed by atoms with E-state index in [2.05, 4.69) is 19.2 Å². The molecule has 1 aromatic rings. The molecule has 0 aliphatic heterocycles. The van der Waals surface area contributed by atoms with Crippen LogP contribution in [0.3, 0.4) is 0 Å². The quantitative estimate of drug-likeness (QED) is 0.680. The molecule has 0 aromatic heterocycles. The average molecular weight is 278 g/mol. The van der Waals surface area contributed by atoms with Gasteiger partial charge in [-0.05, 0) is 43.0 Å². The van der Waals surface area contributed by atoms with Crippen LogP contribution in [0.1, 0.15) is 32.3 Å². The Morgan fingerprint density at radius 3 is 2.55 bits per heavy atom. The zero-order chi connectivity index (χ0) is 14.8. The average Bonchev–Trinajstić information content (AvgIpc) is 2.43. The van der Waals surface area contributed by atoms with Gasteiger partial charge in [0.15, 0.2) is 0 Å². The van der Waals surface area contributed by atoms with Gasteiger partial charge in [-0.2, -0.15) is 0 Å². The summed E-state index contributed by atoms with van der Waals surface area (Å²) < 4.78 is 5.61. The Labute approximate surface area is 121 Å². The molecular weight excluding hydrogens is 252 g/mol. The lowest BCUT2D eigenvalue weighted by molar-refractivity contribution is -0.120. The van der Waals surface area contributed by atoms with Crippen molar-refractivity contribution in [2.45, 2.75) is 33.1 Å². The molecule has 0 bridgehead atoms. The van der Waals surface area contributed by atoms with Crippen LogP contribution in [0, 0.1) is 5.92 Å². The van der Waals surface area contributed by atoms with E-state index >= 15 is 0 Å². The van der Waals surface area contributed by atoms with Gasteiger partial charge in [-0.15, -0.1) is 0 Å². The Morgan fingerprint density at radius 2 is 1.95 bits per heavy atom. The van der Waals surface area contributed by atoms with E-state index in [0.29, 0.717) is 32.0 Å². The third-order valence-electron chi connectivity index (χ3n) is 2.82. The highest BCUT2D eigenvalue weighted by molar-refractivity contribution is 5.78. The first-order chi connectivity index (χ1) is 9.61. The number of nitrogens with two attached hydrogens (primary N) is 1. The zero-order valence-electron chi connectivity index (χ0n) is 12.5. The van der Waals surface area contributed by atoms with Crippen LogP contribution >= 0.6 is 0 Å². The predicted molar refractivity (Wildman–Crippen MR) is 81.8 cm³/mol. The minimum atomic E-state index is 0.0536. The lowest BCUT2D eigenvalue weighted by Gasteiger charge is -2.09. The number of unbranched alkanes of at least 4 members (excludes halogenated alkanes) is 1. The molecule has 20 heavy (non-hydrogen) atoms. The smallest absolute Gasteiger partial charge is 0.224 e. The number of amides is 1. The maximum atomic E-state index is 11.7. The molecular formula is C16H26N2O2. The van der Waals surface area contributed by atoms with Crippen LogP contribution in [0.2, 0.25) is 0 Å². The van der Waals surface area contributed by atoms with Crippen molar-refractivity contribution < 1.29 is 9.53 Å². The molecule has 1 rings (SSSR count). The lowest BCUT2D eigenvalue weighted by Crippen LogP contribution is -2.26. The molecule has 3 N–H and O–H groups in total. The predicted octanol–water partition coefficient (Wildman–Crippen LogP) is 2.12. The number of hydrogen-bond donors (Lipinski definition) is 2. The minimum absolute atomic E-state index is 0.0536. The highest BCUT2D eigenvalue weighted by Gasteiger charge is 2.03. The van der Waals surface area contributed by atoms with E-state index in [0.717, 1.165) is 24.2 Å². The number of nitrogens with one attached hydrogen (secondary N) is 1. The first kappa shape index (κ1) is 16.5. The molecule has 1 aromatic carbocycles. The highest BCUT2D eigenvalue weighted by atomic mass is 16.5. The molecule has 0 aliphatic carbocycles. The van der Waals surface area contributed by atoms with Crippen LogP contribution in [-0.2, 0) is 11.2 Å². The van der Waals surface area contributed by atoms with Crippen molar-refractivity contribution in [3.05, 3.63) is 29.8 Å². The molecule has 0 radical (unpaired) electrons. The third-order valence-corrected chi connectivity index (χ3v) is 2.82. The van der Waals surface area contributed by atoms with Gasteiger partial charge >= 0.3 is 0 Å². The maximum absolute atomic E-state index is 11.7. The zero-order valence-corrected chi connectivity index (χ0v) is 12.5. The highest BCUT2D eigenvalue weighted by Crippen LogP contribution is 2.13. The fourth-order valence-corrected chi connectivity index (χ4v) is 1.71. The van der Waals surface area contributed by atoms with E-state index < -0.39 is 0 Å². The molecule has 0 saturated carbocycles. The lowest BCUT2D eigenvalue weighted by atomic mass is 10.1. The summed E-state index contributed by atoms with van der Waals surface area (Å²) in [5, 5.41) is 2.89. The Kier molecular flexibility index (Phi) is 7.73. The second-order valence-corrected chi connectivity index (χ2v) is 5.37. The molecule has 0 aliphatic rings. The molecule has 4 heteroatoms. The van der Waals surface area contributed by atoms with E-state index in [1.807, 2.05) is 24.3 Å². The number of benzene rings is 1. The number of ether oxygens (including phenoxy) is 1. The summed E-state index contributed by atoms with van der Waals surface area (Å²) in [5.74, 6) is 1.41. The molecule has 0 atom stereocenters. The van der Waals surface area contributed by atoms with Crippen LogP contribution in [0.5, 0.6) is 5.75 Å². The van der Waals surface area contributed by atoms with Crippen molar-refractivity contribution in [3.63, 3.8) is 0 Å². The van der Waals surface area contributed by atoms with Crippen molar-refractivity contribution >= 4 is 5.91 Å². The monoisotopic (exact) mass is 278 g/mol. The Morgan fingerprint density at radius 1 is 1.25 bits per heavy atom. The van der Waals surface area contributed by atoms with Crippen molar-refractivity contribution in [1.82, 2.24) is 5.32 Å². The van der Waals surface area contributed by atoms with Crippen molar-refractivity contribution in [1.29, 1.82) is 0 Å². The fourth-order valence-electron chi connectivity index (χ4n) is 1.71. The van der Waals surface area contributed by atoms with Crippen LogP contribution in [0.15, 0.2) is 24.3 Å². The third kappa shape index (κ3) is 7.14. The molecule has 0 heterocycles. The Bertz CT molecular complexity index is 388. The van der Waals surface area contributed by atoms with E-state index in [4.69, 9.17) is 10.5 Å². The molecule has 1 amide bonds. The van der Waals surface area contributed by atoms with Gasteiger partial charge in [-0.3, -0.25) is 4.79 Å². The van der Waals surface area contributed by atoms with Gasteiger partial charge in [0, 0.05) is 6.54 Å².